The maximum absolute atomic E-state index is 11.1. The number of nitrogens with two attached hydrogens (primary N) is 1. The average Bonchev–Trinajstić information content (AvgIpc) is 2.20. The van der Waals surface area contributed by atoms with Gasteiger partial charge >= 0.3 is 6.09 Å². The van der Waals surface area contributed by atoms with E-state index in [1.165, 1.54) is 0 Å². The van der Waals surface area contributed by atoms with Gasteiger partial charge in [0.2, 0.25) is 0 Å². The normalized spacial score (nSPS) is 9.73. The van der Waals surface area contributed by atoms with Crippen molar-refractivity contribution in [2.24, 2.45) is 0 Å². The zero-order valence-electron chi connectivity index (χ0n) is 8.49. The van der Waals surface area contributed by atoms with Gasteiger partial charge in [-0.3, -0.25) is 5.32 Å². The van der Waals surface area contributed by atoms with Gasteiger partial charge in [0.05, 0.1) is 6.61 Å². The van der Waals surface area contributed by atoms with Crippen molar-refractivity contribution in [3.05, 3.63) is 23.8 Å². The van der Waals surface area contributed by atoms with Crippen LogP contribution in [0.2, 0.25) is 0 Å². The van der Waals surface area contributed by atoms with Gasteiger partial charge in [-0.2, -0.15) is 0 Å². The molecule has 5 heteroatoms. The summed E-state index contributed by atoms with van der Waals surface area (Å²) in [6.07, 6.45) is -0.604. The first-order valence-corrected chi connectivity index (χ1v) is 4.54. The number of nitrogens with one attached hydrogen (secondary N) is 1. The van der Waals surface area contributed by atoms with Crippen molar-refractivity contribution in [1.29, 1.82) is 0 Å². The molecule has 1 amide bonds. The van der Waals surface area contributed by atoms with E-state index in [-0.39, 0.29) is 13.2 Å². The molecule has 0 aliphatic heterocycles. The molecule has 0 aliphatic rings. The molecule has 82 valence electrons. The summed E-state index contributed by atoms with van der Waals surface area (Å²) in [6, 6.07) is 5.18. The molecule has 0 heterocycles. The minimum atomic E-state index is -0.604. The van der Waals surface area contributed by atoms with Crippen LogP contribution in [0, 0.1) is 6.92 Å². The van der Waals surface area contributed by atoms with E-state index < -0.39 is 6.09 Å². The molecule has 0 aromatic heterocycles. The number of rotatable bonds is 3. The first kappa shape index (κ1) is 11.3. The van der Waals surface area contributed by atoms with E-state index in [0.717, 1.165) is 5.56 Å². The van der Waals surface area contributed by atoms with Gasteiger partial charge in [0.25, 0.3) is 0 Å². The molecule has 0 atom stereocenters. The van der Waals surface area contributed by atoms with Crippen LogP contribution >= 0.6 is 0 Å². The summed E-state index contributed by atoms with van der Waals surface area (Å²) < 4.78 is 4.62. The molecule has 0 aliphatic carbocycles. The number of aryl methyl sites for hydroxylation is 1. The molecule has 0 saturated heterocycles. The van der Waals surface area contributed by atoms with Gasteiger partial charge < -0.3 is 15.6 Å². The van der Waals surface area contributed by atoms with Crippen molar-refractivity contribution >= 4 is 17.5 Å². The van der Waals surface area contributed by atoms with Crippen LogP contribution < -0.4 is 11.1 Å². The van der Waals surface area contributed by atoms with Crippen molar-refractivity contribution in [3.8, 4) is 0 Å². The van der Waals surface area contributed by atoms with Crippen LogP contribution in [0.4, 0.5) is 16.2 Å². The molecule has 1 aromatic rings. The zero-order valence-corrected chi connectivity index (χ0v) is 8.49. The number of benzene rings is 1. The lowest BCUT2D eigenvalue weighted by Gasteiger charge is -2.07. The summed E-state index contributed by atoms with van der Waals surface area (Å²) in [4.78, 5) is 11.1. The molecule has 1 rings (SSSR count). The SMILES string of the molecule is Cc1ccc(NC(=O)OCCO)cc1N. The Morgan fingerprint density at radius 2 is 2.33 bits per heavy atom. The van der Waals surface area contributed by atoms with E-state index in [2.05, 4.69) is 10.1 Å². The Bertz CT molecular complexity index is 353. The van der Waals surface area contributed by atoms with E-state index >= 15 is 0 Å². The smallest absolute Gasteiger partial charge is 0.411 e. The molecule has 5 nitrogen and oxygen atoms in total. The molecule has 0 fully saturated rings. The average molecular weight is 210 g/mol. The first-order valence-electron chi connectivity index (χ1n) is 4.54. The van der Waals surface area contributed by atoms with Gasteiger partial charge in [-0.25, -0.2) is 4.79 Å². The predicted octanol–water partition coefficient (Wildman–Crippen LogP) is 1.12. The molecule has 0 radical (unpaired) electrons. The van der Waals surface area contributed by atoms with Crippen molar-refractivity contribution in [1.82, 2.24) is 0 Å². The molecular weight excluding hydrogens is 196 g/mol. The minimum Gasteiger partial charge on any atom is -0.447 e. The van der Waals surface area contributed by atoms with E-state index in [1.807, 2.05) is 6.92 Å². The van der Waals surface area contributed by atoms with Gasteiger partial charge in [-0.15, -0.1) is 0 Å². The second-order valence-corrected chi connectivity index (χ2v) is 3.06. The molecule has 0 bridgehead atoms. The Morgan fingerprint density at radius 3 is 2.93 bits per heavy atom. The molecule has 0 saturated carbocycles. The summed E-state index contributed by atoms with van der Waals surface area (Å²) in [5, 5.41) is 10.9. The second kappa shape index (κ2) is 5.21. The fraction of sp³-hybridized carbons (Fsp3) is 0.300. The molecular formula is C10H14N2O3. The highest BCUT2D eigenvalue weighted by molar-refractivity contribution is 5.85. The van der Waals surface area contributed by atoms with Gasteiger partial charge in [0.15, 0.2) is 0 Å². The maximum Gasteiger partial charge on any atom is 0.411 e. The quantitative estimate of drug-likeness (QED) is 0.652. The number of carbonyl (C=O) groups excluding carboxylic acids is 1. The number of ether oxygens (including phenoxy) is 1. The summed E-state index contributed by atoms with van der Waals surface area (Å²) in [6.45, 7) is 1.67. The van der Waals surface area contributed by atoms with Crippen LogP contribution in [-0.2, 0) is 4.74 Å². The van der Waals surface area contributed by atoms with Gasteiger partial charge in [-0.1, -0.05) is 6.07 Å². The molecule has 0 spiro atoms. The van der Waals surface area contributed by atoms with Crippen molar-refractivity contribution in [2.45, 2.75) is 6.92 Å². The number of aliphatic hydroxyl groups excluding tert-OH is 1. The topological polar surface area (TPSA) is 84.6 Å². The van der Waals surface area contributed by atoms with Gasteiger partial charge in [0, 0.05) is 11.4 Å². The molecule has 1 aromatic carbocycles. The van der Waals surface area contributed by atoms with Crippen LogP contribution in [0.5, 0.6) is 0 Å². The maximum atomic E-state index is 11.1. The van der Waals surface area contributed by atoms with Crippen LogP contribution in [0.15, 0.2) is 18.2 Å². The molecule has 0 unspecified atom stereocenters. The highest BCUT2D eigenvalue weighted by Gasteiger charge is 2.03. The summed E-state index contributed by atoms with van der Waals surface area (Å²) >= 11 is 0. The Balaban J connectivity index is 2.57. The number of hydrogen-bond donors (Lipinski definition) is 3. The zero-order chi connectivity index (χ0) is 11.3. The number of amides is 1. The second-order valence-electron chi connectivity index (χ2n) is 3.06. The van der Waals surface area contributed by atoms with Crippen LogP contribution in [0.3, 0.4) is 0 Å². The third-order valence-corrected chi connectivity index (χ3v) is 1.85. The van der Waals surface area contributed by atoms with Crippen molar-refractivity contribution < 1.29 is 14.6 Å². The Hall–Kier alpha value is -1.75. The van der Waals surface area contributed by atoms with E-state index in [0.29, 0.717) is 11.4 Å². The molecule has 4 N–H and O–H groups in total. The summed E-state index contributed by atoms with van der Waals surface area (Å²) in [5.74, 6) is 0. The Labute approximate surface area is 87.9 Å². The monoisotopic (exact) mass is 210 g/mol. The lowest BCUT2D eigenvalue weighted by Crippen LogP contribution is -2.15. The Morgan fingerprint density at radius 1 is 1.60 bits per heavy atom. The predicted molar refractivity (Wildman–Crippen MR) is 57.6 cm³/mol. The number of aliphatic hydroxyl groups is 1. The van der Waals surface area contributed by atoms with Crippen LogP contribution in [0.1, 0.15) is 5.56 Å². The number of carbonyl (C=O) groups is 1. The van der Waals surface area contributed by atoms with Gasteiger partial charge in [-0.05, 0) is 24.6 Å². The highest BCUT2D eigenvalue weighted by Crippen LogP contribution is 2.16. The summed E-state index contributed by atoms with van der Waals surface area (Å²) in [7, 11) is 0. The largest absolute Gasteiger partial charge is 0.447 e. The van der Waals surface area contributed by atoms with Crippen LogP contribution in [0.25, 0.3) is 0 Å². The lowest BCUT2D eigenvalue weighted by molar-refractivity contribution is 0.131. The van der Waals surface area contributed by atoms with E-state index in [9.17, 15) is 4.79 Å². The first-order chi connectivity index (χ1) is 7.13. The standard InChI is InChI=1S/C10H14N2O3/c1-7-2-3-8(6-9(7)11)12-10(14)15-5-4-13/h2-3,6,13H,4-5,11H2,1H3,(H,12,14). The van der Waals surface area contributed by atoms with Crippen LogP contribution in [-0.4, -0.2) is 24.4 Å². The van der Waals surface area contributed by atoms with Gasteiger partial charge in [0.1, 0.15) is 6.61 Å². The number of anilines is 2. The number of hydrogen-bond acceptors (Lipinski definition) is 4. The Kier molecular flexibility index (Phi) is 3.93. The fourth-order valence-electron chi connectivity index (χ4n) is 1.01. The number of nitrogen functional groups attached to an aromatic ring is 1. The minimum absolute atomic E-state index is 0.0207. The van der Waals surface area contributed by atoms with Crippen molar-refractivity contribution in [2.75, 3.05) is 24.3 Å². The third kappa shape index (κ3) is 3.47. The van der Waals surface area contributed by atoms with E-state index in [1.54, 1.807) is 18.2 Å². The fourth-order valence-corrected chi connectivity index (χ4v) is 1.01. The van der Waals surface area contributed by atoms with E-state index in [4.69, 9.17) is 10.8 Å². The highest BCUT2D eigenvalue weighted by atomic mass is 16.6. The van der Waals surface area contributed by atoms with Crippen molar-refractivity contribution in [3.63, 3.8) is 0 Å². The molecule has 15 heavy (non-hydrogen) atoms. The lowest BCUT2D eigenvalue weighted by atomic mass is 10.2. The third-order valence-electron chi connectivity index (χ3n) is 1.85. The summed E-state index contributed by atoms with van der Waals surface area (Å²) in [5.41, 5.74) is 7.79.